The molecule has 2 aromatic carbocycles. The number of allylic oxidation sites excluding steroid dienone is 1. The summed E-state index contributed by atoms with van der Waals surface area (Å²) in [6.07, 6.45) is 2.36. The van der Waals surface area contributed by atoms with Crippen LogP contribution in [-0.2, 0) is 19.1 Å². The lowest BCUT2D eigenvalue weighted by molar-refractivity contribution is -0.137. The Morgan fingerprint density at radius 3 is 2.24 bits per heavy atom. The molecule has 2 aromatic rings. The van der Waals surface area contributed by atoms with E-state index in [0.717, 1.165) is 18.1 Å². The van der Waals surface area contributed by atoms with Crippen LogP contribution < -0.4 is 10.1 Å². The third-order valence-electron chi connectivity index (χ3n) is 5.06. The van der Waals surface area contributed by atoms with Crippen LogP contribution in [0.25, 0.3) is 0 Å². The zero-order chi connectivity index (χ0) is 27.8. The van der Waals surface area contributed by atoms with Crippen LogP contribution in [0.2, 0.25) is 0 Å². The van der Waals surface area contributed by atoms with E-state index in [9.17, 15) is 34.2 Å². The van der Waals surface area contributed by atoms with Gasteiger partial charge in [0.2, 0.25) is 0 Å². The molecule has 196 valence electrons. The molecule has 0 fully saturated rings. The first-order valence-corrected chi connectivity index (χ1v) is 11.0. The predicted molar refractivity (Wildman–Crippen MR) is 131 cm³/mol. The van der Waals surface area contributed by atoms with Gasteiger partial charge in [0.25, 0.3) is 17.7 Å². The van der Waals surface area contributed by atoms with Crippen molar-refractivity contribution in [3.63, 3.8) is 0 Å². The number of nitrogens with one attached hydrogen (secondary N) is 1. The van der Waals surface area contributed by atoms with Gasteiger partial charge in [-0.2, -0.15) is 0 Å². The summed E-state index contributed by atoms with van der Waals surface area (Å²) in [5, 5.41) is 29.2. The Morgan fingerprint density at radius 2 is 1.66 bits per heavy atom. The number of amides is 3. The number of carbonyl (C=O) groups is 5. The molecule has 0 unspecified atom stereocenters. The van der Waals surface area contributed by atoms with Gasteiger partial charge in [0.15, 0.2) is 5.70 Å². The number of ether oxygens (including phenoxy) is 2. The maximum atomic E-state index is 12.7. The van der Waals surface area contributed by atoms with Gasteiger partial charge in [-0.3, -0.25) is 19.3 Å². The molecule has 0 saturated carbocycles. The predicted octanol–water partition coefficient (Wildman–Crippen LogP) is 2.99. The lowest BCUT2D eigenvalue weighted by Gasteiger charge is -2.14. The zero-order valence-corrected chi connectivity index (χ0v) is 20.2. The highest BCUT2D eigenvalue weighted by molar-refractivity contribution is 6.12. The van der Waals surface area contributed by atoms with Crippen molar-refractivity contribution < 1.29 is 43.7 Å². The number of aromatic carboxylic acids is 1. The van der Waals surface area contributed by atoms with Gasteiger partial charge in [0.05, 0.1) is 24.8 Å². The van der Waals surface area contributed by atoms with Crippen LogP contribution in [0.4, 0.5) is 11.4 Å². The first-order valence-electron chi connectivity index (χ1n) is 11.0. The number of anilines is 1. The number of aliphatic hydroxyl groups excluding tert-OH is 1. The third-order valence-corrected chi connectivity index (χ3v) is 5.06. The number of methoxy groups -OCH3 is 1. The number of carboxylic acids is 1. The van der Waals surface area contributed by atoms with Crippen molar-refractivity contribution in [2.24, 2.45) is 10.2 Å². The summed E-state index contributed by atoms with van der Waals surface area (Å²) < 4.78 is 10.2. The molecular formula is C25H22N4O9. The van der Waals surface area contributed by atoms with Gasteiger partial charge in [-0.15, -0.1) is 10.2 Å². The molecule has 3 amide bonds. The Balaban J connectivity index is 1.67. The van der Waals surface area contributed by atoms with Crippen LogP contribution >= 0.6 is 0 Å². The second kappa shape index (κ2) is 12.1. The van der Waals surface area contributed by atoms with Gasteiger partial charge in [0.1, 0.15) is 23.8 Å². The molecule has 0 bridgehead atoms. The summed E-state index contributed by atoms with van der Waals surface area (Å²) in [5.74, 6) is -3.80. The fourth-order valence-electron chi connectivity index (χ4n) is 3.15. The largest absolute Gasteiger partial charge is 0.510 e. The Morgan fingerprint density at radius 1 is 1.00 bits per heavy atom. The maximum Gasteiger partial charge on any atom is 0.340 e. The summed E-state index contributed by atoms with van der Waals surface area (Å²) in [5.41, 5.74) is -0.635. The number of hydrogen-bond donors (Lipinski definition) is 3. The number of aliphatic hydroxyl groups is 1. The molecule has 0 atom stereocenters. The summed E-state index contributed by atoms with van der Waals surface area (Å²) in [6, 6.07) is 9.55. The number of carboxylic acid groups (broad SMARTS) is 1. The number of azo groups is 1. The van der Waals surface area contributed by atoms with E-state index in [4.69, 9.17) is 4.74 Å². The van der Waals surface area contributed by atoms with E-state index >= 15 is 0 Å². The van der Waals surface area contributed by atoms with Gasteiger partial charge in [-0.05, 0) is 49.4 Å². The summed E-state index contributed by atoms with van der Waals surface area (Å²) in [4.78, 5) is 60.1. The van der Waals surface area contributed by atoms with Gasteiger partial charge in [-0.1, -0.05) is 0 Å². The first kappa shape index (κ1) is 27.3. The van der Waals surface area contributed by atoms with Gasteiger partial charge < -0.3 is 25.0 Å². The molecule has 0 spiro atoms. The SMILES string of the molecule is COC(=O)c1ccc(C(=O)O)cc1N=NC(C(=O)Nc1ccc(OCCN2C(=O)C=CC2=O)cc1)=C(C)O. The van der Waals surface area contributed by atoms with E-state index in [1.54, 1.807) is 0 Å². The molecule has 1 heterocycles. The summed E-state index contributed by atoms with van der Waals surface area (Å²) >= 11 is 0. The molecule has 0 aromatic heterocycles. The van der Waals surface area contributed by atoms with E-state index in [0.29, 0.717) is 11.4 Å². The fraction of sp³-hybridized carbons (Fsp3) is 0.160. The molecular weight excluding hydrogens is 500 g/mol. The van der Waals surface area contributed by atoms with Gasteiger partial charge >= 0.3 is 11.9 Å². The molecule has 3 N–H and O–H groups in total. The molecule has 13 nitrogen and oxygen atoms in total. The number of esters is 1. The summed E-state index contributed by atoms with van der Waals surface area (Å²) in [7, 11) is 1.13. The number of hydrogen-bond acceptors (Lipinski definition) is 10. The average Bonchev–Trinajstić information content (AvgIpc) is 3.21. The maximum absolute atomic E-state index is 12.7. The van der Waals surface area contributed by atoms with E-state index < -0.39 is 41.1 Å². The van der Waals surface area contributed by atoms with Crippen molar-refractivity contribution in [3.8, 4) is 5.75 Å². The number of nitrogens with zero attached hydrogens (tertiary/aromatic N) is 3. The lowest BCUT2D eigenvalue weighted by Crippen LogP contribution is -2.33. The normalized spacial score (nSPS) is 13.5. The fourth-order valence-corrected chi connectivity index (χ4v) is 3.15. The zero-order valence-electron chi connectivity index (χ0n) is 20.2. The van der Waals surface area contributed by atoms with Crippen LogP contribution in [-0.4, -0.2) is 65.0 Å². The number of rotatable bonds is 10. The van der Waals surface area contributed by atoms with Crippen LogP contribution in [0.15, 0.2) is 76.3 Å². The molecule has 0 saturated heterocycles. The third kappa shape index (κ3) is 6.66. The average molecular weight is 522 g/mol. The number of benzene rings is 2. The van der Waals surface area contributed by atoms with Gasteiger partial charge in [0, 0.05) is 17.8 Å². The second-order valence-electron chi connectivity index (χ2n) is 7.65. The van der Waals surface area contributed by atoms with Crippen molar-refractivity contribution in [3.05, 3.63) is 77.2 Å². The summed E-state index contributed by atoms with van der Waals surface area (Å²) in [6.45, 7) is 1.34. The smallest absolute Gasteiger partial charge is 0.340 e. The van der Waals surface area contributed by atoms with Crippen LogP contribution in [0, 0.1) is 0 Å². The van der Waals surface area contributed by atoms with Crippen molar-refractivity contribution in [2.45, 2.75) is 6.92 Å². The van der Waals surface area contributed by atoms with E-state index in [1.807, 2.05) is 0 Å². The minimum Gasteiger partial charge on any atom is -0.510 e. The Labute approximate surface area is 215 Å². The van der Waals surface area contributed by atoms with Crippen molar-refractivity contribution in [1.82, 2.24) is 4.90 Å². The minimum atomic E-state index is -1.27. The molecule has 1 aliphatic heterocycles. The topological polar surface area (TPSA) is 184 Å². The van der Waals surface area contributed by atoms with Gasteiger partial charge in [-0.25, -0.2) is 9.59 Å². The quantitative estimate of drug-likeness (QED) is 0.139. The highest BCUT2D eigenvalue weighted by Gasteiger charge is 2.23. The van der Waals surface area contributed by atoms with Crippen molar-refractivity contribution >= 4 is 41.0 Å². The highest BCUT2D eigenvalue weighted by Crippen LogP contribution is 2.24. The standard InChI is InChI=1S/C25H22N4O9/c1-14(30)22(28-27-19-13-15(24(34)35)3-8-18(19)25(36)37-2)23(33)26-16-4-6-17(7-5-16)38-12-11-29-20(31)9-10-21(29)32/h3-10,13,30H,11-12H2,1-2H3,(H,26,33)(H,34,35). The number of imide groups is 1. The van der Waals surface area contributed by atoms with E-state index in [2.05, 4.69) is 20.3 Å². The van der Waals surface area contributed by atoms with Crippen LogP contribution in [0.3, 0.4) is 0 Å². The Kier molecular flexibility index (Phi) is 8.66. The van der Waals surface area contributed by atoms with Crippen LogP contribution in [0.5, 0.6) is 5.75 Å². The Hall–Kier alpha value is -5.33. The second-order valence-corrected chi connectivity index (χ2v) is 7.65. The molecule has 0 aliphatic carbocycles. The molecule has 1 aliphatic rings. The molecule has 0 radical (unpaired) electrons. The monoisotopic (exact) mass is 522 g/mol. The number of carbonyl (C=O) groups excluding carboxylic acids is 4. The molecule has 3 rings (SSSR count). The highest BCUT2D eigenvalue weighted by atomic mass is 16.5. The minimum absolute atomic E-state index is 0.0679. The Bertz CT molecular complexity index is 1360. The lowest BCUT2D eigenvalue weighted by atomic mass is 10.1. The van der Waals surface area contributed by atoms with Crippen LogP contribution in [0.1, 0.15) is 27.6 Å². The first-order chi connectivity index (χ1) is 18.1. The van der Waals surface area contributed by atoms with E-state index in [-0.39, 0.29) is 30.0 Å². The van der Waals surface area contributed by atoms with Crippen molar-refractivity contribution in [2.75, 3.05) is 25.6 Å². The molecule has 38 heavy (non-hydrogen) atoms. The van der Waals surface area contributed by atoms with E-state index in [1.165, 1.54) is 55.5 Å². The van der Waals surface area contributed by atoms with Crippen molar-refractivity contribution in [1.29, 1.82) is 0 Å². The molecule has 13 heteroatoms.